The van der Waals surface area contributed by atoms with Crippen molar-refractivity contribution in [1.29, 1.82) is 0 Å². The Bertz CT molecular complexity index is 531. The van der Waals surface area contributed by atoms with Gasteiger partial charge in [-0.3, -0.25) is 4.90 Å². The van der Waals surface area contributed by atoms with Gasteiger partial charge in [0.2, 0.25) is 0 Å². The van der Waals surface area contributed by atoms with Crippen LogP contribution in [0.3, 0.4) is 0 Å². The molecule has 2 heterocycles. The van der Waals surface area contributed by atoms with Crippen LogP contribution in [0.2, 0.25) is 0 Å². The van der Waals surface area contributed by atoms with Crippen LogP contribution in [0, 0.1) is 12.3 Å². The fourth-order valence-electron chi connectivity index (χ4n) is 1.71. The molecule has 0 aromatic carbocycles. The highest BCUT2D eigenvalue weighted by atomic mass is 79.9. The van der Waals surface area contributed by atoms with E-state index in [1.807, 2.05) is 11.4 Å². The van der Waals surface area contributed by atoms with Crippen LogP contribution in [0.25, 0.3) is 0 Å². The van der Waals surface area contributed by atoms with Gasteiger partial charge in [0, 0.05) is 9.35 Å². The lowest BCUT2D eigenvalue weighted by Crippen LogP contribution is -2.38. The zero-order valence-corrected chi connectivity index (χ0v) is 11.5. The minimum atomic E-state index is -0.377. The predicted octanol–water partition coefficient (Wildman–Crippen LogP) is 2.37. The van der Waals surface area contributed by atoms with Crippen molar-refractivity contribution in [3.63, 3.8) is 0 Å². The van der Waals surface area contributed by atoms with Crippen LogP contribution in [0.5, 0.6) is 0 Å². The molecule has 0 spiro atoms. The molecule has 17 heavy (non-hydrogen) atoms. The fraction of sp³-hybridized carbons (Fsp3) is 0.273. The zero-order chi connectivity index (χ0) is 12.6. The maximum absolute atomic E-state index is 11.8. The lowest BCUT2D eigenvalue weighted by atomic mass is 10.1. The molecule has 1 aromatic rings. The van der Waals surface area contributed by atoms with E-state index in [9.17, 15) is 4.79 Å². The van der Waals surface area contributed by atoms with Gasteiger partial charge in [-0.15, -0.1) is 17.8 Å². The largest absolute Gasteiger partial charge is 0.385 e. The summed E-state index contributed by atoms with van der Waals surface area (Å²) in [6.45, 7) is 1.78. The van der Waals surface area contributed by atoms with Gasteiger partial charge in [0.25, 0.3) is 0 Å². The molecule has 2 N–H and O–H groups in total. The topological polar surface area (TPSA) is 58.7 Å². The number of nitrogens with zero attached hydrogens (tertiary/aromatic N) is 2. The summed E-state index contributed by atoms with van der Waals surface area (Å²) in [7, 11) is 0. The quantitative estimate of drug-likeness (QED) is 0.852. The second-order valence-electron chi connectivity index (χ2n) is 3.60. The average molecular weight is 312 g/mol. The number of thiophene rings is 1. The number of amides is 2. The van der Waals surface area contributed by atoms with Gasteiger partial charge in [0.1, 0.15) is 11.9 Å². The minimum absolute atomic E-state index is 0.292. The lowest BCUT2D eigenvalue weighted by Gasteiger charge is -2.26. The molecule has 0 saturated carbocycles. The van der Waals surface area contributed by atoms with Crippen LogP contribution in [0.1, 0.15) is 17.8 Å². The van der Waals surface area contributed by atoms with Gasteiger partial charge in [-0.25, -0.2) is 4.79 Å². The molecule has 1 aromatic heterocycles. The molecule has 0 radical (unpaired) electrons. The Kier molecular flexibility index (Phi) is 3.22. The van der Waals surface area contributed by atoms with E-state index in [1.165, 1.54) is 16.2 Å². The molecule has 0 saturated heterocycles. The van der Waals surface area contributed by atoms with Gasteiger partial charge < -0.3 is 5.73 Å². The third-order valence-corrected chi connectivity index (χ3v) is 4.48. The lowest BCUT2D eigenvalue weighted by molar-refractivity contribution is 0.199. The maximum atomic E-state index is 11.8. The number of urea groups is 1. The predicted molar refractivity (Wildman–Crippen MR) is 71.9 cm³/mol. The summed E-state index contributed by atoms with van der Waals surface area (Å²) in [5.41, 5.74) is 5.82. The average Bonchev–Trinajstić information content (AvgIpc) is 2.81. The highest BCUT2D eigenvalue weighted by molar-refractivity contribution is 9.10. The van der Waals surface area contributed by atoms with E-state index in [0.29, 0.717) is 5.84 Å². The van der Waals surface area contributed by atoms with Crippen molar-refractivity contribution in [3.8, 4) is 12.3 Å². The van der Waals surface area contributed by atoms with Gasteiger partial charge in [0.05, 0.1) is 6.04 Å². The molecule has 2 atom stereocenters. The number of hydrogen-bond donors (Lipinski definition) is 1. The number of hydrogen-bond acceptors (Lipinski definition) is 3. The van der Waals surface area contributed by atoms with Gasteiger partial charge in [-0.05, 0) is 34.3 Å². The van der Waals surface area contributed by atoms with Crippen LogP contribution in [-0.2, 0) is 0 Å². The molecule has 2 rings (SSSR count). The molecule has 2 unspecified atom stereocenters. The summed E-state index contributed by atoms with van der Waals surface area (Å²) in [4.78, 5) is 18.0. The Morgan fingerprint density at radius 1 is 1.76 bits per heavy atom. The third kappa shape index (κ3) is 1.96. The number of amidine groups is 1. The number of carbonyl (C=O) groups is 1. The number of rotatable bonds is 2. The van der Waals surface area contributed by atoms with E-state index in [0.717, 1.165) is 9.35 Å². The number of halogens is 1. The van der Waals surface area contributed by atoms with E-state index >= 15 is 0 Å². The molecular formula is C11H10BrN3OS. The summed E-state index contributed by atoms with van der Waals surface area (Å²) in [6, 6.07) is 0.835. The van der Waals surface area contributed by atoms with Crippen molar-refractivity contribution >= 4 is 39.1 Å². The first-order chi connectivity index (χ1) is 8.06. The molecular weight excluding hydrogens is 302 g/mol. The van der Waals surface area contributed by atoms with Crippen LogP contribution in [0.15, 0.2) is 20.9 Å². The van der Waals surface area contributed by atoms with E-state index in [2.05, 4.69) is 26.8 Å². The molecule has 0 fully saturated rings. The van der Waals surface area contributed by atoms with Gasteiger partial charge in [-0.2, -0.15) is 4.99 Å². The van der Waals surface area contributed by atoms with E-state index in [-0.39, 0.29) is 18.1 Å². The number of terminal acetylenes is 1. The van der Waals surface area contributed by atoms with Crippen molar-refractivity contribution in [2.24, 2.45) is 10.7 Å². The number of aliphatic imine (C=N–C) groups is 1. The summed E-state index contributed by atoms with van der Waals surface area (Å²) in [6.07, 6.45) is 5.37. The molecule has 0 bridgehead atoms. The smallest absolute Gasteiger partial charge is 0.347 e. The van der Waals surface area contributed by atoms with Crippen molar-refractivity contribution < 1.29 is 4.79 Å². The molecule has 2 amide bonds. The molecule has 0 aliphatic carbocycles. The highest BCUT2D eigenvalue weighted by Gasteiger charge is 2.38. The molecule has 4 nitrogen and oxygen atoms in total. The van der Waals surface area contributed by atoms with E-state index in [4.69, 9.17) is 12.2 Å². The molecule has 88 valence electrons. The first-order valence-corrected chi connectivity index (χ1v) is 6.59. The molecule has 6 heteroatoms. The van der Waals surface area contributed by atoms with E-state index in [1.54, 1.807) is 6.92 Å². The Morgan fingerprint density at radius 2 is 2.47 bits per heavy atom. The summed E-state index contributed by atoms with van der Waals surface area (Å²) >= 11 is 4.95. The Morgan fingerprint density at radius 3 is 3.00 bits per heavy atom. The monoisotopic (exact) mass is 311 g/mol. The minimum Gasteiger partial charge on any atom is -0.385 e. The first-order valence-electron chi connectivity index (χ1n) is 4.91. The van der Waals surface area contributed by atoms with Crippen molar-refractivity contribution in [3.05, 3.63) is 20.8 Å². The van der Waals surface area contributed by atoms with Crippen molar-refractivity contribution in [1.82, 2.24) is 4.90 Å². The normalized spacial score (nSPS) is 21.2. The second kappa shape index (κ2) is 4.51. The SMILES string of the molecule is C#CC(C)N1C(=O)N=C(N)C1c1sccc1Br. The Labute approximate surface area is 112 Å². The second-order valence-corrected chi connectivity index (χ2v) is 5.41. The van der Waals surface area contributed by atoms with Crippen LogP contribution < -0.4 is 5.73 Å². The van der Waals surface area contributed by atoms with E-state index < -0.39 is 0 Å². The third-order valence-electron chi connectivity index (χ3n) is 2.56. The number of carbonyl (C=O) groups excluding carboxylic acids is 1. The molecule has 1 aliphatic rings. The standard InChI is InChI=1S/C11H10BrN3OS/c1-3-6(2)15-8(10(13)14-11(15)16)9-7(12)4-5-17-9/h1,4-6,8H,2H3,(H2,13,14,16). The van der Waals surface area contributed by atoms with Crippen molar-refractivity contribution in [2.75, 3.05) is 0 Å². The van der Waals surface area contributed by atoms with Crippen LogP contribution in [-0.4, -0.2) is 22.8 Å². The summed E-state index contributed by atoms with van der Waals surface area (Å²) < 4.78 is 0.912. The maximum Gasteiger partial charge on any atom is 0.347 e. The fourth-order valence-corrected chi connectivity index (χ4v) is 3.41. The highest BCUT2D eigenvalue weighted by Crippen LogP contribution is 2.36. The van der Waals surface area contributed by atoms with Crippen molar-refractivity contribution in [2.45, 2.75) is 19.0 Å². The van der Waals surface area contributed by atoms with Gasteiger partial charge in [-0.1, -0.05) is 5.92 Å². The van der Waals surface area contributed by atoms with Gasteiger partial charge in [0.15, 0.2) is 0 Å². The number of nitrogens with two attached hydrogens (primary N) is 1. The Balaban J connectivity index is 2.44. The summed E-state index contributed by atoms with van der Waals surface area (Å²) in [5, 5.41) is 1.92. The molecule has 1 aliphatic heterocycles. The van der Waals surface area contributed by atoms with Crippen LogP contribution >= 0.6 is 27.3 Å². The van der Waals surface area contributed by atoms with Crippen LogP contribution in [0.4, 0.5) is 4.79 Å². The first kappa shape index (κ1) is 12.1. The summed E-state index contributed by atoms with van der Waals surface area (Å²) in [5.74, 6) is 2.83. The zero-order valence-electron chi connectivity index (χ0n) is 9.05. The Hall–Kier alpha value is -1.32. The van der Waals surface area contributed by atoms with Gasteiger partial charge >= 0.3 is 6.03 Å².